The average molecular weight is 395 g/mol. The Morgan fingerprint density at radius 2 is 1.96 bits per heavy atom. The van der Waals surface area contributed by atoms with E-state index < -0.39 is 0 Å². The van der Waals surface area contributed by atoms with E-state index in [1.807, 2.05) is 6.07 Å². The second-order valence-corrected chi connectivity index (χ2v) is 7.50. The zero-order valence-electron chi connectivity index (χ0n) is 14.4. The minimum atomic E-state index is -0.231. The third-order valence-electron chi connectivity index (χ3n) is 4.66. The summed E-state index contributed by atoms with van der Waals surface area (Å²) in [7, 11) is 0. The molecular weight excluding hydrogens is 374 g/mol. The minimum absolute atomic E-state index is 0.0415. The topological polar surface area (TPSA) is 32.3 Å². The van der Waals surface area contributed by atoms with Crippen molar-refractivity contribution >= 4 is 29.1 Å². The van der Waals surface area contributed by atoms with E-state index in [2.05, 4.69) is 10.2 Å². The first-order valence-electron chi connectivity index (χ1n) is 8.69. The van der Waals surface area contributed by atoms with Gasteiger partial charge in [0.2, 0.25) is 5.91 Å². The fraction of sp³-hybridized carbons (Fsp3) is 0.350. The Hall–Kier alpha value is -1.62. The molecule has 1 aliphatic rings. The lowest BCUT2D eigenvalue weighted by molar-refractivity contribution is -0.126. The number of benzene rings is 2. The predicted molar refractivity (Wildman–Crippen MR) is 103 cm³/mol. The third-order valence-corrected chi connectivity index (χ3v) is 5.25. The van der Waals surface area contributed by atoms with Gasteiger partial charge in [-0.2, -0.15) is 0 Å². The number of rotatable bonds is 5. The summed E-state index contributed by atoms with van der Waals surface area (Å²) in [6.45, 7) is 2.78. The molecule has 0 unspecified atom stereocenters. The molecule has 1 saturated heterocycles. The lowest BCUT2D eigenvalue weighted by atomic mass is 9.96. The standard InChI is InChI=1S/C20H21Cl2FN2O/c21-17-6-5-15(19(22)10-17)11-24-20(26)16-2-1-9-25(13-16)12-14-3-7-18(23)8-4-14/h3-8,10,16H,1-2,9,11-13H2,(H,24,26)/t16-/m0/s1. The zero-order valence-corrected chi connectivity index (χ0v) is 15.9. The number of likely N-dealkylation sites (tertiary alicyclic amines) is 1. The summed E-state index contributed by atoms with van der Waals surface area (Å²) in [4.78, 5) is 14.8. The van der Waals surface area contributed by atoms with Crippen LogP contribution >= 0.6 is 23.2 Å². The van der Waals surface area contributed by atoms with E-state index in [0.717, 1.165) is 37.1 Å². The van der Waals surface area contributed by atoms with Gasteiger partial charge in [-0.1, -0.05) is 41.4 Å². The number of piperidine rings is 1. The second kappa shape index (κ2) is 8.85. The smallest absolute Gasteiger partial charge is 0.224 e. The maximum atomic E-state index is 13.0. The van der Waals surface area contributed by atoms with Crippen LogP contribution in [-0.2, 0) is 17.9 Å². The zero-order chi connectivity index (χ0) is 18.5. The molecule has 0 bridgehead atoms. The van der Waals surface area contributed by atoms with E-state index in [4.69, 9.17) is 23.2 Å². The van der Waals surface area contributed by atoms with Crippen molar-refractivity contribution in [2.45, 2.75) is 25.9 Å². The van der Waals surface area contributed by atoms with E-state index in [1.165, 1.54) is 12.1 Å². The van der Waals surface area contributed by atoms with Crippen molar-refractivity contribution in [1.82, 2.24) is 10.2 Å². The fourth-order valence-corrected chi connectivity index (χ4v) is 3.73. The molecule has 26 heavy (non-hydrogen) atoms. The van der Waals surface area contributed by atoms with Gasteiger partial charge in [0.1, 0.15) is 5.82 Å². The lowest BCUT2D eigenvalue weighted by Crippen LogP contribution is -2.42. The molecule has 1 heterocycles. The molecule has 2 aromatic rings. The number of hydrogen-bond acceptors (Lipinski definition) is 2. The quantitative estimate of drug-likeness (QED) is 0.799. The number of amides is 1. The lowest BCUT2D eigenvalue weighted by Gasteiger charge is -2.32. The van der Waals surface area contributed by atoms with Crippen molar-refractivity contribution in [3.8, 4) is 0 Å². The number of halogens is 3. The van der Waals surface area contributed by atoms with Gasteiger partial charge in [-0.05, 0) is 54.8 Å². The molecule has 3 nitrogen and oxygen atoms in total. The van der Waals surface area contributed by atoms with Gasteiger partial charge in [-0.15, -0.1) is 0 Å². The highest BCUT2D eigenvalue weighted by molar-refractivity contribution is 6.35. The van der Waals surface area contributed by atoms with Crippen LogP contribution in [-0.4, -0.2) is 23.9 Å². The second-order valence-electron chi connectivity index (χ2n) is 6.65. The fourth-order valence-electron chi connectivity index (χ4n) is 3.25. The largest absolute Gasteiger partial charge is 0.352 e. The molecule has 6 heteroatoms. The highest BCUT2D eigenvalue weighted by Gasteiger charge is 2.25. The van der Waals surface area contributed by atoms with Crippen molar-refractivity contribution in [3.63, 3.8) is 0 Å². The molecule has 0 spiro atoms. The van der Waals surface area contributed by atoms with Crippen LogP contribution in [0.15, 0.2) is 42.5 Å². The monoisotopic (exact) mass is 394 g/mol. The summed E-state index contributed by atoms with van der Waals surface area (Å²) in [5.41, 5.74) is 1.91. The van der Waals surface area contributed by atoms with Crippen LogP contribution in [0.5, 0.6) is 0 Å². The van der Waals surface area contributed by atoms with Crippen LogP contribution in [0.4, 0.5) is 4.39 Å². The molecule has 0 aromatic heterocycles. The van der Waals surface area contributed by atoms with E-state index in [0.29, 0.717) is 23.1 Å². The SMILES string of the molecule is O=C(NCc1ccc(Cl)cc1Cl)[C@H]1CCCN(Cc2ccc(F)cc2)C1. The van der Waals surface area contributed by atoms with Crippen LogP contribution in [0, 0.1) is 11.7 Å². The van der Waals surface area contributed by atoms with Crippen LogP contribution in [0.2, 0.25) is 10.0 Å². The molecule has 1 aliphatic heterocycles. The molecule has 3 rings (SSSR count). The van der Waals surface area contributed by atoms with Gasteiger partial charge >= 0.3 is 0 Å². The highest BCUT2D eigenvalue weighted by Crippen LogP contribution is 2.22. The summed E-state index contributed by atoms with van der Waals surface area (Å²) < 4.78 is 13.0. The summed E-state index contributed by atoms with van der Waals surface area (Å²) in [5, 5.41) is 4.11. The van der Waals surface area contributed by atoms with Gasteiger partial charge in [-0.3, -0.25) is 9.69 Å². The molecule has 1 amide bonds. The Kier molecular flexibility index (Phi) is 6.52. The number of carbonyl (C=O) groups is 1. The molecule has 2 aromatic carbocycles. The van der Waals surface area contributed by atoms with Gasteiger partial charge in [0.05, 0.1) is 5.92 Å². The summed E-state index contributed by atoms with van der Waals surface area (Å²) in [6, 6.07) is 11.8. The van der Waals surface area contributed by atoms with Gasteiger partial charge in [0, 0.05) is 29.7 Å². The molecular formula is C20H21Cl2FN2O. The predicted octanol–water partition coefficient (Wildman–Crippen LogP) is 4.66. The molecule has 1 atom stereocenters. The molecule has 138 valence electrons. The highest BCUT2D eigenvalue weighted by atomic mass is 35.5. The summed E-state index contributed by atoms with van der Waals surface area (Å²) in [6.07, 6.45) is 1.85. The average Bonchev–Trinajstić information content (AvgIpc) is 2.63. The van der Waals surface area contributed by atoms with Crippen molar-refractivity contribution in [2.75, 3.05) is 13.1 Å². The van der Waals surface area contributed by atoms with Crippen LogP contribution in [0.1, 0.15) is 24.0 Å². The summed E-state index contributed by atoms with van der Waals surface area (Å²) >= 11 is 12.0. The summed E-state index contributed by atoms with van der Waals surface area (Å²) in [5.74, 6) is -0.236. The normalized spacial score (nSPS) is 17.9. The number of nitrogens with zero attached hydrogens (tertiary/aromatic N) is 1. The van der Waals surface area contributed by atoms with Gasteiger partial charge in [-0.25, -0.2) is 4.39 Å². The number of carbonyl (C=O) groups excluding carboxylic acids is 1. The minimum Gasteiger partial charge on any atom is -0.352 e. The maximum absolute atomic E-state index is 13.0. The van der Waals surface area contributed by atoms with E-state index in [9.17, 15) is 9.18 Å². The molecule has 0 aliphatic carbocycles. The number of hydrogen-bond donors (Lipinski definition) is 1. The molecule has 1 fully saturated rings. The van der Waals surface area contributed by atoms with Crippen LogP contribution in [0.3, 0.4) is 0 Å². The third kappa shape index (κ3) is 5.19. The first-order chi connectivity index (χ1) is 12.5. The number of nitrogens with one attached hydrogen (secondary N) is 1. The Morgan fingerprint density at radius 1 is 1.19 bits per heavy atom. The maximum Gasteiger partial charge on any atom is 0.224 e. The Morgan fingerprint density at radius 3 is 2.69 bits per heavy atom. The van der Waals surface area contributed by atoms with E-state index in [1.54, 1.807) is 24.3 Å². The van der Waals surface area contributed by atoms with Crippen LogP contribution in [0.25, 0.3) is 0 Å². The van der Waals surface area contributed by atoms with Crippen molar-refractivity contribution in [1.29, 1.82) is 0 Å². The van der Waals surface area contributed by atoms with E-state index >= 15 is 0 Å². The molecule has 0 saturated carbocycles. The Balaban J connectivity index is 1.53. The van der Waals surface area contributed by atoms with Crippen molar-refractivity contribution in [2.24, 2.45) is 5.92 Å². The van der Waals surface area contributed by atoms with Crippen molar-refractivity contribution in [3.05, 3.63) is 69.5 Å². The van der Waals surface area contributed by atoms with Gasteiger partial charge in [0.25, 0.3) is 0 Å². The molecule has 1 N–H and O–H groups in total. The first kappa shape index (κ1) is 19.2. The first-order valence-corrected chi connectivity index (χ1v) is 9.45. The van der Waals surface area contributed by atoms with Crippen LogP contribution < -0.4 is 5.32 Å². The van der Waals surface area contributed by atoms with Crippen molar-refractivity contribution < 1.29 is 9.18 Å². The Bertz CT molecular complexity index is 767. The molecule has 0 radical (unpaired) electrons. The van der Waals surface area contributed by atoms with Gasteiger partial charge in [0.15, 0.2) is 0 Å². The van der Waals surface area contributed by atoms with Gasteiger partial charge < -0.3 is 5.32 Å². The van der Waals surface area contributed by atoms with E-state index in [-0.39, 0.29) is 17.6 Å². The Labute approximate surface area is 163 Å².